The second-order valence-electron chi connectivity index (χ2n) is 4.43. The highest BCUT2D eigenvalue weighted by atomic mass is 16.3. The maximum Gasteiger partial charge on any atom is 0.115 e. The van der Waals surface area contributed by atoms with E-state index in [2.05, 4.69) is 12.2 Å². The van der Waals surface area contributed by atoms with Crippen LogP contribution in [-0.2, 0) is 6.42 Å². The SMILES string of the molecule is CCCNC(Cc1ccc(O)cc1)c1ccoc1. The second-order valence-corrected chi connectivity index (χ2v) is 4.43. The van der Waals surface area contributed by atoms with Crippen LogP contribution in [0.15, 0.2) is 47.3 Å². The van der Waals surface area contributed by atoms with Crippen LogP contribution in [-0.4, -0.2) is 11.7 Å². The first kappa shape index (κ1) is 12.7. The molecule has 0 amide bonds. The zero-order valence-electron chi connectivity index (χ0n) is 10.6. The Labute approximate surface area is 107 Å². The van der Waals surface area contributed by atoms with Gasteiger partial charge in [0.1, 0.15) is 5.75 Å². The molecule has 0 aliphatic rings. The lowest BCUT2D eigenvalue weighted by atomic mass is 10.0. The van der Waals surface area contributed by atoms with Crippen LogP contribution in [0.1, 0.15) is 30.5 Å². The van der Waals surface area contributed by atoms with Gasteiger partial charge in [-0.05, 0) is 43.1 Å². The molecule has 96 valence electrons. The van der Waals surface area contributed by atoms with E-state index in [1.807, 2.05) is 18.2 Å². The van der Waals surface area contributed by atoms with Crippen molar-refractivity contribution in [2.24, 2.45) is 0 Å². The van der Waals surface area contributed by atoms with Crippen LogP contribution in [0.3, 0.4) is 0 Å². The maximum atomic E-state index is 9.29. The van der Waals surface area contributed by atoms with E-state index >= 15 is 0 Å². The summed E-state index contributed by atoms with van der Waals surface area (Å²) >= 11 is 0. The molecule has 1 heterocycles. The molecule has 0 saturated carbocycles. The molecule has 0 saturated heterocycles. The largest absolute Gasteiger partial charge is 0.508 e. The molecule has 2 N–H and O–H groups in total. The Morgan fingerprint density at radius 2 is 2.00 bits per heavy atom. The summed E-state index contributed by atoms with van der Waals surface area (Å²) in [5.41, 5.74) is 2.36. The monoisotopic (exact) mass is 245 g/mol. The molecule has 0 aliphatic heterocycles. The normalized spacial score (nSPS) is 12.5. The van der Waals surface area contributed by atoms with Crippen molar-refractivity contribution in [3.8, 4) is 5.75 Å². The van der Waals surface area contributed by atoms with E-state index in [4.69, 9.17) is 4.42 Å². The summed E-state index contributed by atoms with van der Waals surface area (Å²) in [6.07, 6.45) is 5.48. The number of hydrogen-bond donors (Lipinski definition) is 2. The van der Waals surface area contributed by atoms with Crippen LogP contribution in [0.25, 0.3) is 0 Å². The Bertz CT molecular complexity index is 448. The zero-order valence-corrected chi connectivity index (χ0v) is 10.6. The predicted octanol–water partition coefficient (Wildman–Crippen LogP) is 3.27. The Morgan fingerprint density at radius 1 is 1.22 bits per heavy atom. The summed E-state index contributed by atoms with van der Waals surface area (Å²) in [7, 11) is 0. The Balaban J connectivity index is 2.07. The number of benzene rings is 1. The van der Waals surface area contributed by atoms with E-state index < -0.39 is 0 Å². The molecule has 1 aromatic carbocycles. The maximum absolute atomic E-state index is 9.29. The number of phenols is 1. The summed E-state index contributed by atoms with van der Waals surface area (Å²) in [6, 6.07) is 9.61. The molecule has 1 atom stereocenters. The summed E-state index contributed by atoms with van der Waals surface area (Å²) in [5, 5.41) is 12.8. The summed E-state index contributed by atoms with van der Waals surface area (Å²) < 4.78 is 5.15. The lowest BCUT2D eigenvalue weighted by molar-refractivity contribution is 0.474. The third-order valence-corrected chi connectivity index (χ3v) is 2.96. The van der Waals surface area contributed by atoms with Crippen LogP contribution in [0.5, 0.6) is 5.75 Å². The molecule has 1 unspecified atom stereocenters. The fourth-order valence-corrected chi connectivity index (χ4v) is 1.97. The first-order valence-electron chi connectivity index (χ1n) is 6.33. The Morgan fingerprint density at radius 3 is 2.61 bits per heavy atom. The third-order valence-electron chi connectivity index (χ3n) is 2.96. The molecule has 0 fully saturated rings. The van der Waals surface area contributed by atoms with Crippen LogP contribution in [0.4, 0.5) is 0 Å². The number of nitrogens with one attached hydrogen (secondary N) is 1. The molecule has 3 heteroatoms. The van der Waals surface area contributed by atoms with E-state index in [1.54, 1.807) is 24.7 Å². The minimum Gasteiger partial charge on any atom is -0.508 e. The van der Waals surface area contributed by atoms with Crippen molar-refractivity contribution in [1.82, 2.24) is 5.32 Å². The van der Waals surface area contributed by atoms with E-state index in [9.17, 15) is 5.11 Å². The van der Waals surface area contributed by atoms with Crippen molar-refractivity contribution in [2.45, 2.75) is 25.8 Å². The first-order chi connectivity index (χ1) is 8.79. The van der Waals surface area contributed by atoms with Gasteiger partial charge in [0.2, 0.25) is 0 Å². The van der Waals surface area contributed by atoms with Crippen LogP contribution in [0.2, 0.25) is 0 Å². The van der Waals surface area contributed by atoms with Crippen molar-refractivity contribution in [2.75, 3.05) is 6.54 Å². The summed E-state index contributed by atoms with van der Waals surface area (Å²) in [5.74, 6) is 0.306. The zero-order chi connectivity index (χ0) is 12.8. The fraction of sp³-hybridized carbons (Fsp3) is 0.333. The molecule has 1 aromatic heterocycles. The van der Waals surface area contributed by atoms with Gasteiger partial charge in [0.15, 0.2) is 0 Å². The first-order valence-corrected chi connectivity index (χ1v) is 6.33. The smallest absolute Gasteiger partial charge is 0.115 e. The molecule has 2 aromatic rings. The number of hydrogen-bond acceptors (Lipinski definition) is 3. The minimum absolute atomic E-state index is 0.258. The molecule has 18 heavy (non-hydrogen) atoms. The third kappa shape index (κ3) is 3.37. The molecular weight excluding hydrogens is 226 g/mol. The fourth-order valence-electron chi connectivity index (χ4n) is 1.97. The van der Waals surface area contributed by atoms with Gasteiger partial charge in [-0.15, -0.1) is 0 Å². The van der Waals surface area contributed by atoms with Crippen LogP contribution in [0, 0.1) is 0 Å². The molecular formula is C15H19NO2. The lowest BCUT2D eigenvalue weighted by Gasteiger charge is -2.17. The van der Waals surface area contributed by atoms with Crippen molar-refractivity contribution >= 4 is 0 Å². The van der Waals surface area contributed by atoms with Gasteiger partial charge in [-0.1, -0.05) is 19.1 Å². The summed E-state index contributed by atoms with van der Waals surface area (Å²) in [6.45, 7) is 3.13. The molecule has 0 spiro atoms. The molecule has 3 nitrogen and oxygen atoms in total. The molecule has 0 bridgehead atoms. The van der Waals surface area contributed by atoms with Gasteiger partial charge in [0.05, 0.1) is 12.5 Å². The highest BCUT2D eigenvalue weighted by Gasteiger charge is 2.12. The highest BCUT2D eigenvalue weighted by molar-refractivity contribution is 5.27. The predicted molar refractivity (Wildman–Crippen MR) is 71.6 cm³/mol. The van der Waals surface area contributed by atoms with Crippen molar-refractivity contribution in [1.29, 1.82) is 0 Å². The Hall–Kier alpha value is -1.74. The van der Waals surface area contributed by atoms with E-state index in [-0.39, 0.29) is 6.04 Å². The van der Waals surface area contributed by atoms with E-state index in [0.29, 0.717) is 5.75 Å². The quantitative estimate of drug-likeness (QED) is 0.821. The Kier molecular flexibility index (Phi) is 4.42. The number of rotatable bonds is 6. The second kappa shape index (κ2) is 6.26. The van der Waals surface area contributed by atoms with Gasteiger partial charge in [-0.25, -0.2) is 0 Å². The van der Waals surface area contributed by atoms with Crippen LogP contribution < -0.4 is 5.32 Å². The molecule has 0 radical (unpaired) electrons. The average molecular weight is 245 g/mol. The molecule has 2 rings (SSSR count). The van der Waals surface area contributed by atoms with Gasteiger partial charge in [0.25, 0.3) is 0 Å². The van der Waals surface area contributed by atoms with E-state index in [0.717, 1.165) is 24.9 Å². The lowest BCUT2D eigenvalue weighted by Crippen LogP contribution is -2.23. The number of furan rings is 1. The topological polar surface area (TPSA) is 45.4 Å². The van der Waals surface area contributed by atoms with E-state index in [1.165, 1.54) is 5.56 Å². The minimum atomic E-state index is 0.258. The van der Waals surface area contributed by atoms with Gasteiger partial charge >= 0.3 is 0 Å². The average Bonchev–Trinajstić information content (AvgIpc) is 2.90. The van der Waals surface area contributed by atoms with Crippen LogP contribution >= 0.6 is 0 Å². The van der Waals surface area contributed by atoms with Crippen molar-refractivity contribution in [3.05, 3.63) is 54.0 Å². The molecule has 0 aliphatic carbocycles. The highest BCUT2D eigenvalue weighted by Crippen LogP contribution is 2.20. The van der Waals surface area contributed by atoms with Crippen molar-refractivity contribution in [3.63, 3.8) is 0 Å². The number of aromatic hydroxyl groups is 1. The van der Waals surface area contributed by atoms with Gasteiger partial charge in [0, 0.05) is 11.6 Å². The van der Waals surface area contributed by atoms with Gasteiger partial charge < -0.3 is 14.8 Å². The summed E-state index contributed by atoms with van der Waals surface area (Å²) in [4.78, 5) is 0. The number of phenolic OH excluding ortho intramolecular Hbond substituents is 1. The standard InChI is InChI=1S/C15H19NO2/c1-2-8-16-15(13-7-9-18-11-13)10-12-3-5-14(17)6-4-12/h3-7,9,11,15-17H,2,8,10H2,1H3. The van der Waals surface area contributed by atoms with Gasteiger partial charge in [-0.2, -0.15) is 0 Å². The van der Waals surface area contributed by atoms with Crippen molar-refractivity contribution < 1.29 is 9.52 Å². The van der Waals surface area contributed by atoms with Gasteiger partial charge in [-0.3, -0.25) is 0 Å².